The van der Waals surface area contributed by atoms with Crippen LogP contribution in [0.2, 0.25) is 0 Å². The highest BCUT2D eigenvalue weighted by Crippen LogP contribution is 2.15. The SMILES string of the molecule is COc1ccc(=O)n(CCNC(C)C2CCCO2)n1. The summed E-state index contributed by atoms with van der Waals surface area (Å²) >= 11 is 0. The Hall–Kier alpha value is -1.40. The molecule has 2 unspecified atom stereocenters. The molecule has 1 N–H and O–H groups in total. The number of nitrogens with zero attached hydrogens (tertiary/aromatic N) is 2. The lowest BCUT2D eigenvalue weighted by atomic mass is 10.1. The van der Waals surface area contributed by atoms with Crippen molar-refractivity contribution < 1.29 is 9.47 Å². The van der Waals surface area contributed by atoms with Crippen LogP contribution in [0.3, 0.4) is 0 Å². The molecule has 0 aliphatic carbocycles. The van der Waals surface area contributed by atoms with Gasteiger partial charge in [-0.2, -0.15) is 0 Å². The number of ether oxygens (including phenoxy) is 2. The first kappa shape index (κ1) is 14.0. The van der Waals surface area contributed by atoms with Gasteiger partial charge in [-0.05, 0) is 19.8 Å². The number of methoxy groups -OCH3 is 1. The normalized spacial score (nSPS) is 20.4. The van der Waals surface area contributed by atoms with Crippen LogP contribution in [0.15, 0.2) is 16.9 Å². The second kappa shape index (κ2) is 6.68. The minimum absolute atomic E-state index is 0.118. The molecule has 0 radical (unpaired) electrons. The molecule has 1 aromatic heterocycles. The predicted molar refractivity (Wildman–Crippen MR) is 71.5 cm³/mol. The van der Waals surface area contributed by atoms with Gasteiger partial charge in [-0.1, -0.05) is 0 Å². The fourth-order valence-corrected chi connectivity index (χ4v) is 2.23. The van der Waals surface area contributed by atoms with Crippen LogP contribution >= 0.6 is 0 Å². The number of nitrogens with one attached hydrogen (secondary N) is 1. The van der Waals surface area contributed by atoms with Crippen molar-refractivity contribution in [3.05, 3.63) is 22.5 Å². The maximum Gasteiger partial charge on any atom is 0.267 e. The molecule has 6 nitrogen and oxygen atoms in total. The van der Waals surface area contributed by atoms with Crippen molar-refractivity contribution in [3.63, 3.8) is 0 Å². The lowest BCUT2D eigenvalue weighted by Gasteiger charge is -2.20. The van der Waals surface area contributed by atoms with E-state index in [1.165, 1.54) is 17.9 Å². The molecule has 2 rings (SSSR count). The standard InChI is InChI=1S/C13H21N3O3/c1-10(11-4-3-9-19-11)14-7-8-16-13(17)6-5-12(15-16)18-2/h5-6,10-11,14H,3-4,7-9H2,1-2H3. The van der Waals surface area contributed by atoms with Crippen LogP contribution in [0.5, 0.6) is 5.88 Å². The molecule has 1 aromatic rings. The average molecular weight is 267 g/mol. The zero-order valence-electron chi connectivity index (χ0n) is 11.5. The molecule has 2 atom stereocenters. The third kappa shape index (κ3) is 3.78. The molecule has 0 bridgehead atoms. The zero-order valence-corrected chi connectivity index (χ0v) is 11.5. The molecule has 2 heterocycles. The lowest BCUT2D eigenvalue weighted by Crippen LogP contribution is -2.39. The molecule has 0 amide bonds. The van der Waals surface area contributed by atoms with Gasteiger partial charge in [0.2, 0.25) is 5.88 Å². The molecule has 6 heteroatoms. The van der Waals surface area contributed by atoms with E-state index >= 15 is 0 Å². The van der Waals surface area contributed by atoms with E-state index in [9.17, 15) is 4.79 Å². The van der Waals surface area contributed by atoms with E-state index < -0.39 is 0 Å². The van der Waals surface area contributed by atoms with Crippen LogP contribution in [0.4, 0.5) is 0 Å². The Kier molecular flexibility index (Phi) is 4.93. The highest BCUT2D eigenvalue weighted by atomic mass is 16.5. The first-order valence-corrected chi connectivity index (χ1v) is 6.68. The second-order valence-electron chi connectivity index (χ2n) is 4.73. The van der Waals surface area contributed by atoms with E-state index in [4.69, 9.17) is 9.47 Å². The van der Waals surface area contributed by atoms with Gasteiger partial charge in [0, 0.05) is 31.3 Å². The van der Waals surface area contributed by atoms with Gasteiger partial charge in [0.05, 0.1) is 19.8 Å². The van der Waals surface area contributed by atoms with Gasteiger partial charge in [-0.3, -0.25) is 4.79 Å². The summed E-state index contributed by atoms with van der Waals surface area (Å²) in [6, 6.07) is 3.33. The molecular weight excluding hydrogens is 246 g/mol. The highest BCUT2D eigenvalue weighted by Gasteiger charge is 2.21. The van der Waals surface area contributed by atoms with Crippen LogP contribution in [-0.4, -0.2) is 42.2 Å². The smallest absolute Gasteiger partial charge is 0.267 e. The van der Waals surface area contributed by atoms with Gasteiger partial charge in [0.15, 0.2) is 0 Å². The van der Waals surface area contributed by atoms with E-state index in [0.717, 1.165) is 19.4 Å². The van der Waals surface area contributed by atoms with E-state index in [1.54, 1.807) is 6.07 Å². The predicted octanol–water partition coefficient (Wildman–Crippen LogP) is 0.409. The molecule has 0 spiro atoms. The number of hydrogen-bond acceptors (Lipinski definition) is 5. The van der Waals surface area contributed by atoms with Crippen molar-refractivity contribution in [2.45, 2.75) is 38.5 Å². The summed E-state index contributed by atoms with van der Waals surface area (Å²) in [6.45, 7) is 4.17. The molecule has 1 fully saturated rings. The molecule has 19 heavy (non-hydrogen) atoms. The fraction of sp³-hybridized carbons (Fsp3) is 0.692. The van der Waals surface area contributed by atoms with Crippen molar-refractivity contribution >= 4 is 0 Å². The van der Waals surface area contributed by atoms with E-state index in [1.807, 2.05) is 0 Å². The first-order valence-electron chi connectivity index (χ1n) is 6.68. The summed E-state index contributed by atoms with van der Waals surface area (Å²) in [5, 5.41) is 7.47. The Balaban J connectivity index is 1.83. The molecule has 0 saturated carbocycles. The van der Waals surface area contributed by atoms with E-state index in [2.05, 4.69) is 17.3 Å². The Morgan fingerprint density at radius 2 is 2.47 bits per heavy atom. The third-order valence-corrected chi connectivity index (χ3v) is 3.36. The van der Waals surface area contributed by atoms with Gasteiger partial charge in [-0.25, -0.2) is 4.68 Å². The topological polar surface area (TPSA) is 65.4 Å². The van der Waals surface area contributed by atoms with Crippen molar-refractivity contribution in [1.29, 1.82) is 0 Å². The van der Waals surface area contributed by atoms with Crippen molar-refractivity contribution in [3.8, 4) is 5.88 Å². The highest BCUT2D eigenvalue weighted by molar-refractivity contribution is 5.05. The molecule has 1 aliphatic heterocycles. The third-order valence-electron chi connectivity index (χ3n) is 3.36. The Morgan fingerprint density at radius 1 is 1.63 bits per heavy atom. The summed E-state index contributed by atoms with van der Waals surface area (Å²) in [5.41, 5.74) is -0.118. The molecule has 0 aromatic carbocycles. The number of aromatic nitrogens is 2. The van der Waals surface area contributed by atoms with Gasteiger partial charge >= 0.3 is 0 Å². The second-order valence-corrected chi connectivity index (χ2v) is 4.73. The Bertz CT molecular complexity index is 455. The van der Waals surface area contributed by atoms with Crippen LogP contribution in [0.25, 0.3) is 0 Å². The maximum atomic E-state index is 11.6. The average Bonchev–Trinajstić information content (AvgIpc) is 2.95. The van der Waals surface area contributed by atoms with Gasteiger partial charge < -0.3 is 14.8 Å². The monoisotopic (exact) mass is 267 g/mol. The molecule has 106 valence electrons. The Labute approximate surface area is 112 Å². The minimum atomic E-state index is -0.118. The molecule has 1 saturated heterocycles. The summed E-state index contributed by atoms with van der Waals surface area (Å²) in [4.78, 5) is 11.6. The fourth-order valence-electron chi connectivity index (χ4n) is 2.23. The minimum Gasteiger partial charge on any atom is -0.480 e. The summed E-state index contributed by atoms with van der Waals surface area (Å²) < 4.78 is 12.0. The zero-order chi connectivity index (χ0) is 13.7. The molecule has 1 aliphatic rings. The van der Waals surface area contributed by atoms with Crippen LogP contribution in [-0.2, 0) is 11.3 Å². The number of hydrogen-bond donors (Lipinski definition) is 1. The van der Waals surface area contributed by atoms with Crippen molar-refractivity contribution in [1.82, 2.24) is 15.1 Å². The lowest BCUT2D eigenvalue weighted by molar-refractivity contribution is 0.0833. The molecular formula is C13H21N3O3. The van der Waals surface area contributed by atoms with Crippen molar-refractivity contribution in [2.75, 3.05) is 20.3 Å². The van der Waals surface area contributed by atoms with E-state index in [-0.39, 0.29) is 11.7 Å². The van der Waals surface area contributed by atoms with Crippen LogP contribution in [0, 0.1) is 0 Å². The van der Waals surface area contributed by atoms with Crippen LogP contribution < -0.4 is 15.6 Å². The largest absolute Gasteiger partial charge is 0.480 e. The van der Waals surface area contributed by atoms with Gasteiger partial charge in [0.25, 0.3) is 5.56 Å². The van der Waals surface area contributed by atoms with Gasteiger partial charge in [-0.15, -0.1) is 5.10 Å². The summed E-state index contributed by atoms with van der Waals surface area (Å²) in [5.74, 6) is 0.451. The number of rotatable bonds is 6. The maximum absolute atomic E-state index is 11.6. The van der Waals surface area contributed by atoms with Crippen LogP contribution in [0.1, 0.15) is 19.8 Å². The summed E-state index contributed by atoms with van der Waals surface area (Å²) in [6.07, 6.45) is 2.52. The quantitative estimate of drug-likeness (QED) is 0.808. The van der Waals surface area contributed by atoms with Gasteiger partial charge in [0.1, 0.15) is 0 Å². The van der Waals surface area contributed by atoms with E-state index in [0.29, 0.717) is 25.0 Å². The Morgan fingerprint density at radius 3 is 3.16 bits per heavy atom. The van der Waals surface area contributed by atoms with Crippen molar-refractivity contribution in [2.24, 2.45) is 0 Å². The first-order chi connectivity index (χ1) is 9.20. The summed E-state index contributed by atoms with van der Waals surface area (Å²) in [7, 11) is 1.54.